The number of halogens is 1. The van der Waals surface area contributed by atoms with Gasteiger partial charge in [-0.2, -0.15) is 0 Å². The van der Waals surface area contributed by atoms with Gasteiger partial charge in [0, 0.05) is 13.0 Å². The summed E-state index contributed by atoms with van der Waals surface area (Å²) in [4.78, 5) is 25.2. The molecule has 0 aliphatic carbocycles. The van der Waals surface area contributed by atoms with Gasteiger partial charge in [0.1, 0.15) is 23.2 Å². The summed E-state index contributed by atoms with van der Waals surface area (Å²) in [6, 6.07) is 31.8. The van der Waals surface area contributed by atoms with Crippen molar-refractivity contribution in [3.63, 3.8) is 0 Å². The number of nitrogens with zero attached hydrogens (tertiary/aromatic N) is 3. The molecule has 1 saturated heterocycles. The lowest BCUT2D eigenvalue weighted by Gasteiger charge is -2.31. The Morgan fingerprint density at radius 3 is 1.71 bits per heavy atom. The molecule has 1 aromatic heterocycles. The first-order valence-corrected chi connectivity index (χ1v) is 13.2. The van der Waals surface area contributed by atoms with Crippen LogP contribution in [0.3, 0.4) is 0 Å². The van der Waals surface area contributed by atoms with E-state index < -0.39 is 7.26 Å². The second-order valence-corrected chi connectivity index (χ2v) is 12.1. The maximum atomic E-state index is 14.2. The van der Waals surface area contributed by atoms with Crippen LogP contribution in [0.4, 0.5) is 5.82 Å². The van der Waals surface area contributed by atoms with Gasteiger partial charge in [-0.3, -0.25) is 14.7 Å². The summed E-state index contributed by atoms with van der Waals surface area (Å²) in [7, 11) is -2.28. The van der Waals surface area contributed by atoms with E-state index in [4.69, 9.17) is 0 Å². The van der Waals surface area contributed by atoms with Crippen molar-refractivity contribution in [3.8, 4) is 0 Å². The molecule has 3 aromatic carbocycles. The third-order valence-electron chi connectivity index (χ3n) is 6.43. The first kappa shape index (κ1) is 24.3. The van der Waals surface area contributed by atoms with Crippen molar-refractivity contribution in [2.75, 3.05) is 11.4 Å². The number of hydrogen-bond donors (Lipinski definition) is 0. The molecule has 0 radical (unpaired) electrons. The highest BCUT2D eigenvalue weighted by Gasteiger charge is 2.59. The summed E-state index contributed by atoms with van der Waals surface area (Å²) in [6.07, 6.45) is 2.53. The number of carbonyl (C=O) groups is 1. The van der Waals surface area contributed by atoms with Crippen molar-refractivity contribution < 1.29 is 21.8 Å². The largest absolute Gasteiger partial charge is 1.00 e. The van der Waals surface area contributed by atoms with Crippen molar-refractivity contribution in [2.45, 2.75) is 25.9 Å². The quantitative estimate of drug-likeness (QED) is 0.363. The van der Waals surface area contributed by atoms with Crippen LogP contribution in [0.15, 0.2) is 97.2 Å². The Morgan fingerprint density at radius 2 is 1.26 bits per heavy atom. The molecule has 0 unspecified atom stereocenters. The summed E-state index contributed by atoms with van der Waals surface area (Å²) in [5.41, 5.74) is 1.50. The lowest BCUT2D eigenvalue weighted by molar-refractivity contribution is -0.116. The van der Waals surface area contributed by atoms with E-state index in [1.54, 1.807) is 6.20 Å². The first-order chi connectivity index (χ1) is 16.1. The van der Waals surface area contributed by atoms with E-state index in [9.17, 15) is 4.79 Å². The molecule has 1 atom stereocenters. The van der Waals surface area contributed by atoms with Crippen molar-refractivity contribution in [2.24, 2.45) is 0 Å². The molecular weight excluding hydrogens is 505 g/mol. The molecule has 0 saturated carbocycles. The molecule has 4 nitrogen and oxygen atoms in total. The third kappa shape index (κ3) is 4.08. The Bertz CT molecular complexity index is 1170. The highest BCUT2D eigenvalue weighted by Crippen LogP contribution is 2.62. The minimum Gasteiger partial charge on any atom is -1.00 e. The normalized spacial score (nSPS) is 15.8. The lowest BCUT2D eigenvalue weighted by atomic mass is 10.3. The number of rotatable bonds is 5. The van der Waals surface area contributed by atoms with Crippen molar-refractivity contribution in [1.29, 1.82) is 0 Å². The summed E-state index contributed by atoms with van der Waals surface area (Å²) in [5, 5.41) is 3.69. The van der Waals surface area contributed by atoms with Crippen molar-refractivity contribution in [1.82, 2.24) is 9.97 Å². The zero-order valence-corrected chi connectivity index (χ0v) is 21.8. The van der Waals surface area contributed by atoms with Crippen LogP contribution in [0.2, 0.25) is 0 Å². The van der Waals surface area contributed by atoms with Gasteiger partial charge in [0.2, 0.25) is 0 Å². The Morgan fingerprint density at radius 1 is 0.794 bits per heavy atom. The average Bonchev–Trinajstić information content (AvgIpc) is 3.23. The standard InChI is InChI=1S/C28H27N3OP.BrH/c1-21-20-29-27(22(2)30-21)31-19-18-26(28(31)32)33(23-12-6-3-7-13-23,24-14-8-4-9-15-24)25-16-10-5-11-17-25;/h3-17,20,26H,18-19H2,1-2H3;1H/q+1;/p-1/t26-;/m1./s1. The average molecular weight is 532 g/mol. The second kappa shape index (κ2) is 10.2. The molecule has 1 aliphatic rings. The summed E-state index contributed by atoms with van der Waals surface area (Å²) in [6.45, 7) is 4.51. The van der Waals surface area contributed by atoms with E-state index >= 15 is 0 Å². The van der Waals surface area contributed by atoms with Crippen LogP contribution < -0.4 is 37.8 Å². The summed E-state index contributed by atoms with van der Waals surface area (Å²) in [5.74, 6) is 0.821. The molecule has 1 fully saturated rings. The van der Waals surface area contributed by atoms with Crippen LogP contribution in [-0.2, 0) is 4.79 Å². The topological polar surface area (TPSA) is 46.1 Å². The molecular formula is C28H27BrN3OP. The van der Waals surface area contributed by atoms with Crippen molar-refractivity contribution >= 4 is 34.9 Å². The minimum atomic E-state index is -2.28. The maximum Gasteiger partial charge on any atom is 0.270 e. The zero-order chi connectivity index (χ0) is 22.8. The van der Waals surface area contributed by atoms with E-state index in [-0.39, 0.29) is 28.5 Å². The van der Waals surface area contributed by atoms with Crippen LogP contribution in [0.1, 0.15) is 17.8 Å². The molecule has 2 heterocycles. The molecule has 5 rings (SSSR count). The monoisotopic (exact) mass is 531 g/mol. The van der Waals surface area contributed by atoms with Gasteiger partial charge in [-0.05, 0) is 50.2 Å². The number of benzene rings is 3. The van der Waals surface area contributed by atoms with E-state index in [2.05, 4.69) is 82.8 Å². The Balaban J connectivity index is 0.00000274. The Labute approximate surface area is 212 Å². The van der Waals surface area contributed by atoms with Gasteiger partial charge in [-0.25, -0.2) is 4.98 Å². The number of carbonyl (C=O) groups excluding carboxylic acids is 1. The number of aromatic nitrogens is 2. The molecule has 0 bridgehead atoms. The van der Waals surface area contributed by atoms with E-state index in [1.165, 1.54) is 15.9 Å². The van der Waals surface area contributed by atoms with Crippen LogP contribution in [0, 0.1) is 13.8 Å². The Kier molecular flexibility index (Phi) is 7.25. The molecule has 0 N–H and O–H groups in total. The molecule has 1 amide bonds. The number of aryl methyl sites for hydroxylation is 2. The van der Waals surface area contributed by atoms with Gasteiger partial charge < -0.3 is 17.0 Å². The van der Waals surface area contributed by atoms with Crippen LogP contribution in [0.25, 0.3) is 0 Å². The predicted octanol–water partition coefficient (Wildman–Crippen LogP) is 1.20. The fourth-order valence-electron chi connectivity index (χ4n) is 5.07. The van der Waals surface area contributed by atoms with Gasteiger partial charge in [0.15, 0.2) is 11.5 Å². The third-order valence-corrected chi connectivity index (χ3v) is 11.2. The van der Waals surface area contributed by atoms with Gasteiger partial charge in [-0.15, -0.1) is 0 Å². The Hall–Kier alpha value is -2.88. The van der Waals surface area contributed by atoms with Crippen molar-refractivity contribution in [3.05, 3.63) is 109 Å². The minimum absolute atomic E-state index is 0. The summed E-state index contributed by atoms with van der Waals surface area (Å²) >= 11 is 0. The SMILES string of the molecule is Cc1cnc(N2CC[C@@H]([P+](c3ccccc3)(c3ccccc3)c3ccccc3)C2=O)c(C)n1.[Br-]. The fraction of sp³-hybridized carbons (Fsp3) is 0.179. The van der Waals surface area contributed by atoms with Gasteiger partial charge >= 0.3 is 0 Å². The molecule has 0 spiro atoms. The molecule has 1 aliphatic heterocycles. The van der Waals surface area contributed by atoms with E-state index in [0.29, 0.717) is 12.4 Å². The molecule has 172 valence electrons. The highest BCUT2D eigenvalue weighted by atomic mass is 79.9. The summed E-state index contributed by atoms with van der Waals surface area (Å²) < 4.78 is 0. The predicted molar refractivity (Wildman–Crippen MR) is 137 cm³/mol. The number of amides is 1. The van der Waals surface area contributed by atoms with Crippen LogP contribution in [0.5, 0.6) is 0 Å². The van der Waals surface area contributed by atoms with Crippen LogP contribution in [-0.4, -0.2) is 28.1 Å². The maximum absolute atomic E-state index is 14.2. The van der Waals surface area contributed by atoms with E-state index in [1.807, 2.05) is 36.9 Å². The number of hydrogen-bond acceptors (Lipinski definition) is 3. The first-order valence-electron chi connectivity index (χ1n) is 11.3. The van der Waals surface area contributed by atoms with Gasteiger partial charge in [0.25, 0.3) is 5.91 Å². The van der Waals surface area contributed by atoms with E-state index in [0.717, 1.165) is 17.8 Å². The zero-order valence-electron chi connectivity index (χ0n) is 19.3. The molecule has 6 heteroatoms. The highest BCUT2D eigenvalue weighted by molar-refractivity contribution is 7.97. The molecule has 34 heavy (non-hydrogen) atoms. The smallest absolute Gasteiger partial charge is 0.270 e. The second-order valence-electron chi connectivity index (χ2n) is 8.44. The van der Waals surface area contributed by atoms with Crippen LogP contribution >= 0.6 is 7.26 Å². The lowest BCUT2D eigenvalue weighted by Crippen LogP contribution is -3.00. The van der Waals surface area contributed by atoms with Gasteiger partial charge in [0.05, 0.1) is 17.6 Å². The fourth-order valence-corrected chi connectivity index (χ4v) is 9.94. The number of anilines is 1. The molecule has 4 aromatic rings. The van der Waals surface area contributed by atoms with Gasteiger partial charge in [-0.1, -0.05) is 54.6 Å².